The van der Waals surface area contributed by atoms with Gasteiger partial charge in [-0.15, -0.1) is 0 Å². The standard InChI is InChI=1S/C13H9N5O6/c1-24-13(19)12-10(15)7(5-14)6-16(12)8-3-2-4-9(17(20)21)11(8)18(22)23/h2-4,6H,15H2,1H3. The summed E-state index contributed by atoms with van der Waals surface area (Å²) in [5.41, 5.74) is 3.10. The third-order valence-electron chi connectivity index (χ3n) is 3.18. The van der Waals surface area contributed by atoms with Crippen molar-refractivity contribution in [2.75, 3.05) is 12.8 Å². The van der Waals surface area contributed by atoms with Crippen LogP contribution >= 0.6 is 0 Å². The van der Waals surface area contributed by atoms with Crippen molar-refractivity contribution in [3.05, 3.63) is 55.9 Å². The fourth-order valence-electron chi connectivity index (χ4n) is 2.15. The molecule has 2 aromatic rings. The van der Waals surface area contributed by atoms with Crippen LogP contribution in [0.3, 0.4) is 0 Å². The number of para-hydroxylation sites is 1. The number of nitro benzene ring substituents is 2. The summed E-state index contributed by atoms with van der Waals surface area (Å²) in [6, 6.07) is 5.09. The van der Waals surface area contributed by atoms with Crippen molar-refractivity contribution in [2.24, 2.45) is 0 Å². The summed E-state index contributed by atoms with van der Waals surface area (Å²) in [4.78, 5) is 32.4. The molecule has 0 spiro atoms. The fourth-order valence-corrected chi connectivity index (χ4v) is 2.15. The molecule has 1 aromatic carbocycles. The van der Waals surface area contributed by atoms with Crippen LogP contribution in [0.5, 0.6) is 0 Å². The summed E-state index contributed by atoms with van der Waals surface area (Å²) in [7, 11) is 1.06. The van der Waals surface area contributed by atoms with E-state index in [9.17, 15) is 25.0 Å². The van der Waals surface area contributed by atoms with Crippen molar-refractivity contribution in [3.8, 4) is 11.8 Å². The number of benzene rings is 1. The van der Waals surface area contributed by atoms with Gasteiger partial charge < -0.3 is 15.0 Å². The lowest BCUT2D eigenvalue weighted by Crippen LogP contribution is -2.12. The number of ether oxygens (including phenoxy) is 1. The lowest BCUT2D eigenvalue weighted by molar-refractivity contribution is -0.422. The molecule has 0 bridgehead atoms. The van der Waals surface area contributed by atoms with Crippen molar-refractivity contribution in [2.45, 2.75) is 0 Å². The van der Waals surface area contributed by atoms with E-state index in [1.807, 2.05) is 0 Å². The van der Waals surface area contributed by atoms with Crippen LogP contribution in [-0.4, -0.2) is 27.5 Å². The highest BCUT2D eigenvalue weighted by Crippen LogP contribution is 2.35. The lowest BCUT2D eigenvalue weighted by Gasteiger charge is -2.09. The Kier molecular flexibility index (Phi) is 4.14. The number of esters is 1. The van der Waals surface area contributed by atoms with Gasteiger partial charge in [0.05, 0.1) is 28.2 Å². The summed E-state index contributed by atoms with van der Waals surface area (Å²) in [5.74, 6) is -0.949. The number of rotatable bonds is 4. The lowest BCUT2D eigenvalue weighted by atomic mass is 10.2. The van der Waals surface area contributed by atoms with Crippen molar-refractivity contribution in [1.29, 1.82) is 5.26 Å². The molecule has 1 heterocycles. The Labute approximate surface area is 133 Å². The molecule has 0 aliphatic rings. The molecule has 2 rings (SSSR count). The van der Waals surface area contributed by atoms with Crippen molar-refractivity contribution in [1.82, 2.24) is 4.57 Å². The highest BCUT2D eigenvalue weighted by Gasteiger charge is 2.32. The molecule has 122 valence electrons. The largest absolute Gasteiger partial charge is 0.464 e. The highest BCUT2D eigenvalue weighted by molar-refractivity contribution is 5.96. The average molecular weight is 331 g/mol. The van der Waals surface area contributed by atoms with Crippen LogP contribution in [0.4, 0.5) is 17.1 Å². The van der Waals surface area contributed by atoms with Crippen LogP contribution in [0.2, 0.25) is 0 Å². The number of carbonyl (C=O) groups excluding carboxylic acids is 1. The minimum atomic E-state index is -0.949. The Morgan fingerprint density at radius 3 is 2.50 bits per heavy atom. The molecule has 11 heteroatoms. The second kappa shape index (κ2) is 6.05. The van der Waals surface area contributed by atoms with Crippen LogP contribution in [-0.2, 0) is 4.74 Å². The predicted octanol–water partition coefficient (Wildman–Crippen LogP) is 1.53. The molecule has 0 unspecified atom stereocenters. The molecule has 0 radical (unpaired) electrons. The first-order valence-corrected chi connectivity index (χ1v) is 6.24. The van der Waals surface area contributed by atoms with Gasteiger partial charge in [-0.25, -0.2) is 4.79 Å². The van der Waals surface area contributed by atoms with E-state index in [-0.39, 0.29) is 22.6 Å². The Bertz CT molecular complexity index is 910. The monoisotopic (exact) mass is 331 g/mol. The molecule has 2 N–H and O–H groups in total. The van der Waals surface area contributed by atoms with Crippen LogP contribution in [0, 0.1) is 31.6 Å². The maximum atomic E-state index is 11.9. The summed E-state index contributed by atoms with van der Waals surface area (Å²) in [5, 5.41) is 31.4. The van der Waals surface area contributed by atoms with Gasteiger partial charge in [0, 0.05) is 12.3 Å². The predicted molar refractivity (Wildman–Crippen MR) is 79.5 cm³/mol. The number of nitrogens with zero attached hydrogens (tertiary/aromatic N) is 4. The third kappa shape index (κ3) is 2.48. The van der Waals surface area contributed by atoms with Crippen LogP contribution in [0.25, 0.3) is 5.69 Å². The molecule has 1 aromatic heterocycles. The molecule has 0 atom stereocenters. The van der Waals surface area contributed by atoms with E-state index in [2.05, 4.69) is 4.74 Å². The molecule has 11 nitrogen and oxygen atoms in total. The maximum Gasteiger partial charge on any atom is 0.369 e. The van der Waals surface area contributed by atoms with E-state index in [1.165, 1.54) is 12.1 Å². The second-order valence-corrected chi connectivity index (χ2v) is 4.44. The minimum absolute atomic E-state index is 0.129. The third-order valence-corrected chi connectivity index (χ3v) is 3.18. The van der Waals surface area contributed by atoms with Gasteiger partial charge in [0.25, 0.3) is 0 Å². The van der Waals surface area contributed by atoms with Crippen molar-refractivity contribution < 1.29 is 19.4 Å². The first-order chi connectivity index (χ1) is 11.3. The number of nitriles is 1. The number of aromatic nitrogens is 1. The zero-order chi connectivity index (χ0) is 18.0. The van der Waals surface area contributed by atoms with Gasteiger partial charge in [0.1, 0.15) is 11.8 Å². The van der Waals surface area contributed by atoms with Gasteiger partial charge in [0.15, 0.2) is 5.69 Å². The van der Waals surface area contributed by atoms with Gasteiger partial charge in [0.2, 0.25) is 0 Å². The van der Waals surface area contributed by atoms with Gasteiger partial charge in [-0.3, -0.25) is 20.2 Å². The Morgan fingerprint density at radius 1 is 1.33 bits per heavy atom. The van der Waals surface area contributed by atoms with E-state index >= 15 is 0 Å². The van der Waals surface area contributed by atoms with Crippen LogP contribution < -0.4 is 5.73 Å². The number of carbonyl (C=O) groups is 1. The fraction of sp³-hybridized carbons (Fsp3) is 0.0769. The molecule has 0 aliphatic carbocycles. The van der Waals surface area contributed by atoms with Gasteiger partial charge in [-0.1, -0.05) is 6.07 Å². The summed E-state index contributed by atoms with van der Waals surface area (Å²) < 4.78 is 5.50. The molecule has 0 saturated carbocycles. The Morgan fingerprint density at radius 2 is 2.00 bits per heavy atom. The molecular formula is C13H9N5O6. The number of anilines is 1. The molecule has 0 aliphatic heterocycles. The Hall–Kier alpha value is -3.94. The van der Waals surface area contributed by atoms with E-state index in [4.69, 9.17) is 11.0 Å². The zero-order valence-electron chi connectivity index (χ0n) is 12.1. The second-order valence-electron chi connectivity index (χ2n) is 4.44. The summed E-state index contributed by atoms with van der Waals surface area (Å²) in [6.07, 6.45) is 1.08. The number of nitrogen functional groups attached to an aromatic ring is 1. The Balaban J connectivity index is 2.90. The molecule has 0 amide bonds. The maximum absolute atomic E-state index is 11.9. The first kappa shape index (κ1) is 16.4. The molecule has 24 heavy (non-hydrogen) atoms. The smallest absolute Gasteiger partial charge is 0.369 e. The number of methoxy groups -OCH3 is 1. The van der Waals surface area contributed by atoms with E-state index in [0.717, 1.165) is 23.9 Å². The van der Waals surface area contributed by atoms with Crippen molar-refractivity contribution in [3.63, 3.8) is 0 Å². The number of hydrogen-bond acceptors (Lipinski definition) is 8. The summed E-state index contributed by atoms with van der Waals surface area (Å²) in [6.45, 7) is 0. The molecule has 0 fully saturated rings. The zero-order valence-corrected chi connectivity index (χ0v) is 12.1. The quantitative estimate of drug-likeness (QED) is 0.499. The molecule has 0 saturated heterocycles. The highest BCUT2D eigenvalue weighted by atomic mass is 16.6. The number of nitrogens with two attached hydrogens (primary N) is 1. The topological polar surface area (TPSA) is 167 Å². The van der Waals surface area contributed by atoms with Crippen LogP contribution in [0.1, 0.15) is 16.1 Å². The van der Waals surface area contributed by atoms with E-state index < -0.39 is 27.2 Å². The normalized spacial score (nSPS) is 10.0. The van der Waals surface area contributed by atoms with Gasteiger partial charge in [-0.2, -0.15) is 5.26 Å². The molecular weight excluding hydrogens is 322 g/mol. The minimum Gasteiger partial charge on any atom is -0.464 e. The van der Waals surface area contributed by atoms with Gasteiger partial charge >= 0.3 is 17.3 Å². The van der Waals surface area contributed by atoms with Crippen LogP contribution in [0.15, 0.2) is 24.4 Å². The SMILES string of the molecule is COC(=O)c1c(N)c(C#N)cn1-c1cccc([N+](=O)[O-])c1[N+](=O)[O-]. The van der Waals surface area contributed by atoms with Crippen molar-refractivity contribution >= 4 is 23.0 Å². The number of nitro groups is 2. The number of hydrogen-bond donors (Lipinski definition) is 1. The first-order valence-electron chi connectivity index (χ1n) is 6.24. The average Bonchev–Trinajstić information content (AvgIpc) is 2.89. The van der Waals surface area contributed by atoms with Gasteiger partial charge in [-0.05, 0) is 6.07 Å². The summed E-state index contributed by atoms with van der Waals surface area (Å²) >= 11 is 0. The van der Waals surface area contributed by atoms with E-state index in [1.54, 1.807) is 6.07 Å². The van der Waals surface area contributed by atoms with E-state index in [0.29, 0.717) is 0 Å².